The summed E-state index contributed by atoms with van der Waals surface area (Å²) in [7, 11) is 0. The zero-order valence-electron chi connectivity index (χ0n) is 13.0. The number of hydrogen-bond acceptors (Lipinski definition) is 3. The Morgan fingerprint density at radius 1 is 1.14 bits per heavy atom. The van der Waals surface area contributed by atoms with Gasteiger partial charge in [0.05, 0.1) is 0 Å². The first-order valence-electron chi connectivity index (χ1n) is 7.17. The van der Waals surface area contributed by atoms with E-state index < -0.39 is 11.7 Å². The highest BCUT2D eigenvalue weighted by molar-refractivity contribution is 5.97. The van der Waals surface area contributed by atoms with E-state index in [2.05, 4.69) is 4.99 Å². The number of aryl methyl sites for hydroxylation is 1. The zero-order valence-corrected chi connectivity index (χ0v) is 13.0. The van der Waals surface area contributed by atoms with Gasteiger partial charge in [0, 0.05) is 17.7 Å². The number of rotatable bonds is 1. The molecule has 0 unspecified atom stereocenters. The molecule has 112 valence electrons. The normalized spacial score (nSPS) is 16.5. The molecule has 0 N–H and O–H groups in total. The van der Waals surface area contributed by atoms with Crippen molar-refractivity contribution in [1.82, 2.24) is 0 Å². The van der Waals surface area contributed by atoms with Crippen molar-refractivity contribution >= 4 is 17.6 Å². The molecule has 4 nitrogen and oxygen atoms in total. The van der Waals surface area contributed by atoms with Crippen LogP contribution in [0.4, 0.5) is 4.79 Å². The topological polar surface area (TPSA) is 55.7 Å². The van der Waals surface area contributed by atoms with Crippen LogP contribution in [0.5, 0.6) is 0 Å². The highest BCUT2D eigenvalue weighted by Crippen LogP contribution is 2.22. The van der Waals surface area contributed by atoms with Gasteiger partial charge in [-0.05, 0) is 57.7 Å². The van der Waals surface area contributed by atoms with Gasteiger partial charge in [-0.25, -0.2) is 4.79 Å². The number of hydrogen-bond donors (Lipinski definition) is 0. The smallest absolute Gasteiger partial charge is 0.434 e. The molecule has 0 aliphatic heterocycles. The van der Waals surface area contributed by atoms with Crippen LogP contribution in [0.3, 0.4) is 0 Å². The van der Waals surface area contributed by atoms with E-state index in [1.807, 2.05) is 39.0 Å². The number of amides is 1. The second-order valence-electron chi connectivity index (χ2n) is 6.37. The van der Waals surface area contributed by atoms with E-state index in [9.17, 15) is 9.59 Å². The van der Waals surface area contributed by atoms with Crippen molar-refractivity contribution in [2.24, 2.45) is 4.99 Å². The van der Waals surface area contributed by atoms with E-state index in [0.29, 0.717) is 6.42 Å². The molecule has 0 atom stereocenters. The monoisotopic (exact) mass is 287 g/mol. The maximum Gasteiger partial charge on any atom is 0.434 e. The zero-order chi connectivity index (χ0) is 15.6. The molecule has 0 saturated heterocycles. The second-order valence-corrected chi connectivity index (χ2v) is 6.37. The lowest BCUT2D eigenvalue weighted by Gasteiger charge is -2.20. The fraction of sp³-hybridized carbons (Fsp3) is 0.471. The van der Waals surface area contributed by atoms with Crippen LogP contribution in [0, 0.1) is 0 Å². The molecule has 0 radical (unpaired) electrons. The van der Waals surface area contributed by atoms with Crippen molar-refractivity contribution in [3.8, 4) is 0 Å². The lowest BCUT2D eigenvalue weighted by atomic mass is 9.88. The molecule has 0 heterocycles. The number of fused-ring (bicyclic) bond motifs is 1. The van der Waals surface area contributed by atoms with Crippen molar-refractivity contribution in [3.05, 3.63) is 34.9 Å². The van der Waals surface area contributed by atoms with Gasteiger partial charge in [0.25, 0.3) is 0 Å². The molecule has 0 saturated carbocycles. The molecular weight excluding hydrogens is 266 g/mol. The molecule has 0 fully saturated rings. The average molecular weight is 287 g/mol. The van der Waals surface area contributed by atoms with Crippen molar-refractivity contribution in [2.75, 3.05) is 0 Å². The SMILES string of the molecule is CC(=O)c1ccc2c(c1)CCC(=NC(=O)OC(C)(C)C)C2. The second kappa shape index (κ2) is 5.80. The molecule has 1 aliphatic rings. The fourth-order valence-electron chi connectivity index (χ4n) is 2.35. The summed E-state index contributed by atoms with van der Waals surface area (Å²) < 4.78 is 5.21. The summed E-state index contributed by atoms with van der Waals surface area (Å²) in [6.45, 7) is 7.04. The minimum Gasteiger partial charge on any atom is -0.442 e. The molecule has 21 heavy (non-hydrogen) atoms. The first-order valence-corrected chi connectivity index (χ1v) is 7.17. The summed E-state index contributed by atoms with van der Waals surface area (Å²) in [6, 6.07) is 5.73. The molecule has 1 aromatic carbocycles. The van der Waals surface area contributed by atoms with Gasteiger partial charge in [-0.1, -0.05) is 12.1 Å². The Kier molecular flexibility index (Phi) is 4.26. The van der Waals surface area contributed by atoms with Gasteiger partial charge in [-0.2, -0.15) is 4.99 Å². The minimum absolute atomic E-state index is 0.0750. The van der Waals surface area contributed by atoms with Crippen molar-refractivity contribution in [2.45, 2.75) is 52.6 Å². The number of Topliss-reactive ketones (excluding diaryl/α,β-unsaturated/α-hetero) is 1. The van der Waals surface area contributed by atoms with Crippen LogP contribution in [-0.4, -0.2) is 23.2 Å². The quantitative estimate of drug-likeness (QED) is 0.739. The summed E-state index contributed by atoms with van der Waals surface area (Å²) in [6.07, 6.45) is 1.65. The lowest BCUT2D eigenvalue weighted by molar-refractivity contribution is 0.0603. The highest BCUT2D eigenvalue weighted by atomic mass is 16.6. The van der Waals surface area contributed by atoms with E-state index in [1.165, 1.54) is 5.56 Å². The standard InChI is InChI=1S/C17H21NO3/c1-11(19)12-5-6-14-10-15(8-7-13(14)9-12)18-16(20)21-17(2,3)4/h5-6,9H,7-8,10H2,1-4H3. The van der Waals surface area contributed by atoms with Gasteiger partial charge in [0.1, 0.15) is 5.60 Å². The lowest BCUT2D eigenvalue weighted by Crippen LogP contribution is -2.23. The van der Waals surface area contributed by atoms with Crippen LogP contribution >= 0.6 is 0 Å². The molecule has 0 spiro atoms. The van der Waals surface area contributed by atoms with Gasteiger partial charge in [-0.15, -0.1) is 0 Å². The molecule has 0 aromatic heterocycles. The Balaban J connectivity index is 2.13. The van der Waals surface area contributed by atoms with Crippen molar-refractivity contribution < 1.29 is 14.3 Å². The largest absolute Gasteiger partial charge is 0.442 e. The number of ketones is 1. The maximum absolute atomic E-state index is 11.7. The van der Waals surface area contributed by atoms with E-state index in [-0.39, 0.29) is 5.78 Å². The highest BCUT2D eigenvalue weighted by Gasteiger charge is 2.19. The number of benzene rings is 1. The Morgan fingerprint density at radius 2 is 1.86 bits per heavy atom. The average Bonchev–Trinajstić information content (AvgIpc) is 2.35. The summed E-state index contributed by atoms with van der Waals surface area (Å²) in [5.41, 5.74) is 3.36. The van der Waals surface area contributed by atoms with Crippen LogP contribution in [-0.2, 0) is 17.6 Å². The maximum atomic E-state index is 11.7. The van der Waals surface area contributed by atoms with E-state index in [1.54, 1.807) is 6.92 Å². The molecular formula is C17H21NO3. The summed E-state index contributed by atoms with van der Waals surface area (Å²) >= 11 is 0. The fourth-order valence-corrected chi connectivity index (χ4v) is 2.35. The minimum atomic E-state index is -0.527. The van der Waals surface area contributed by atoms with Gasteiger partial charge in [0.2, 0.25) is 0 Å². The van der Waals surface area contributed by atoms with Crippen LogP contribution in [0.25, 0.3) is 0 Å². The Morgan fingerprint density at radius 3 is 2.48 bits per heavy atom. The number of carbonyl (C=O) groups excluding carboxylic acids is 2. The third kappa shape index (κ3) is 4.25. The summed E-state index contributed by atoms with van der Waals surface area (Å²) in [4.78, 5) is 27.2. The predicted molar refractivity (Wildman–Crippen MR) is 82.1 cm³/mol. The number of nitrogens with zero attached hydrogens (tertiary/aromatic N) is 1. The number of aliphatic imine (C=N–C) groups is 1. The van der Waals surface area contributed by atoms with E-state index in [4.69, 9.17) is 4.74 Å². The molecule has 2 rings (SSSR count). The first kappa shape index (κ1) is 15.4. The Labute approximate surface area is 125 Å². The number of ether oxygens (including phenoxy) is 1. The van der Waals surface area contributed by atoms with Crippen LogP contribution < -0.4 is 0 Å². The van der Waals surface area contributed by atoms with Gasteiger partial charge < -0.3 is 4.74 Å². The van der Waals surface area contributed by atoms with Crippen molar-refractivity contribution in [3.63, 3.8) is 0 Å². The molecule has 0 bridgehead atoms. The molecule has 1 amide bonds. The van der Waals surface area contributed by atoms with E-state index >= 15 is 0 Å². The van der Waals surface area contributed by atoms with Crippen LogP contribution in [0.2, 0.25) is 0 Å². The summed E-state index contributed by atoms with van der Waals surface area (Å²) in [5.74, 6) is 0.0750. The molecule has 1 aromatic rings. The molecule has 4 heteroatoms. The third-order valence-corrected chi connectivity index (χ3v) is 3.33. The number of carbonyl (C=O) groups is 2. The van der Waals surface area contributed by atoms with Gasteiger partial charge >= 0.3 is 6.09 Å². The van der Waals surface area contributed by atoms with Crippen LogP contribution in [0.15, 0.2) is 23.2 Å². The third-order valence-electron chi connectivity index (χ3n) is 3.33. The first-order chi connectivity index (χ1) is 9.74. The molecule has 1 aliphatic carbocycles. The van der Waals surface area contributed by atoms with Crippen LogP contribution in [0.1, 0.15) is 55.6 Å². The van der Waals surface area contributed by atoms with E-state index in [0.717, 1.165) is 29.7 Å². The predicted octanol–water partition coefficient (Wildman–Crippen LogP) is 3.75. The Bertz CT molecular complexity index is 609. The van der Waals surface area contributed by atoms with Gasteiger partial charge in [0.15, 0.2) is 5.78 Å². The Hall–Kier alpha value is -1.97. The summed E-state index contributed by atoms with van der Waals surface area (Å²) in [5, 5.41) is 0. The van der Waals surface area contributed by atoms with Gasteiger partial charge in [-0.3, -0.25) is 4.79 Å². The van der Waals surface area contributed by atoms with Crippen molar-refractivity contribution in [1.29, 1.82) is 0 Å².